The van der Waals surface area contributed by atoms with Crippen molar-refractivity contribution in [3.63, 3.8) is 0 Å². The number of aliphatic imine (C=N–C) groups is 1. The number of likely N-dealkylation sites (tertiary alicyclic amines) is 1. The molecule has 1 fully saturated rings. The van der Waals surface area contributed by atoms with Crippen LogP contribution in [-0.4, -0.2) is 68.1 Å². The van der Waals surface area contributed by atoms with Gasteiger partial charge in [-0.3, -0.25) is 14.7 Å². The van der Waals surface area contributed by atoms with Crippen molar-refractivity contribution in [3.8, 4) is 0 Å². The average molecular weight is 373 g/mol. The van der Waals surface area contributed by atoms with Crippen molar-refractivity contribution in [2.45, 2.75) is 32.9 Å². The second kappa shape index (κ2) is 8.74. The van der Waals surface area contributed by atoms with Crippen LogP contribution in [0.2, 0.25) is 0 Å². The van der Waals surface area contributed by atoms with Gasteiger partial charge in [-0.1, -0.05) is 31.2 Å². The molecule has 6 nitrogen and oxygen atoms in total. The molecule has 2 aliphatic rings. The summed E-state index contributed by atoms with van der Waals surface area (Å²) in [5.41, 5.74) is 2.92. The number of methoxy groups -OCH3 is 1. The number of hydrogen-bond acceptors (Lipinski definition) is 4. The molecule has 27 heavy (non-hydrogen) atoms. The fraction of sp³-hybridized carbons (Fsp3) is 0.619. The summed E-state index contributed by atoms with van der Waals surface area (Å²) in [7, 11) is 3.27. The molecule has 1 N–H and O–H groups in total. The van der Waals surface area contributed by atoms with E-state index in [0.29, 0.717) is 12.6 Å². The number of ether oxygens (including phenoxy) is 1. The highest BCUT2D eigenvalue weighted by Crippen LogP contribution is 2.24. The van der Waals surface area contributed by atoms with E-state index in [1.165, 1.54) is 18.2 Å². The smallest absolute Gasteiger partial charge is 0.310 e. The average Bonchev–Trinajstić information content (AvgIpc) is 3.08. The van der Waals surface area contributed by atoms with Gasteiger partial charge < -0.3 is 15.0 Å². The number of nitrogens with one attached hydrogen (secondary N) is 1. The highest BCUT2D eigenvalue weighted by atomic mass is 16.5. The molecule has 0 saturated carbocycles. The van der Waals surface area contributed by atoms with Crippen LogP contribution in [0.25, 0.3) is 0 Å². The first kappa shape index (κ1) is 19.7. The SMILES string of the molecule is CN=C(NCC(C)N1CCc2ccccc2C1)N1CC(C)C(C(=O)OC)C1. The van der Waals surface area contributed by atoms with Gasteiger partial charge in [0.05, 0.1) is 13.0 Å². The van der Waals surface area contributed by atoms with Crippen molar-refractivity contribution in [1.82, 2.24) is 15.1 Å². The van der Waals surface area contributed by atoms with E-state index in [2.05, 4.69) is 58.2 Å². The highest BCUT2D eigenvalue weighted by Gasteiger charge is 2.37. The third kappa shape index (κ3) is 4.43. The van der Waals surface area contributed by atoms with E-state index < -0.39 is 0 Å². The maximum Gasteiger partial charge on any atom is 0.310 e. The molecular formula is C21H32N4O2. The van der Waals surface area contributed by atoms with E-state index in [0.717, 1.165) is 38.6 Å². The molecule has 0 aliphatic carbocycles. The topological polar surface area (TPSA) is 57.2 Å². The lowest BCUT2D eigenvalue weighted by molar-refractivity contribution is -0.145. The number of esters is 1. The van der Waals surface area contributed by atoms with Gasteiger partial charge in [0.1, 0.15) is 0 Å². The first-order valence-corrected chi connectivity index (χ1v) is 9.87. The second-order valence-electron chi connectivity index (χ2n) is 7.78. The summed E-state index contributed by atoms with van der Waals surface area (Å²) in [5.74, 6) is 0.940. The van der Waals surface area contributed by atoms with Gasteiger partial charge in [0.25, 0.3) is 0 Å². The number of benzene rings is 1. The summed E-state index contributed by atoms with van der Waals surface area (Å²) >= 11 is 0. The van der Waals surface area contributed by atoms with E-state index in [1.807, 2.05) is 0 Å². The van der Waals surface area contributed by atoms with Crippen molar-refractivity contribution < 1.29 is 9.53 Å². The van der Waals surface area contributed by atoms with Crippen LogP contribution in [0.3, 0.4) is 0 Å². The highest BCUT2D eigenvalue weighted by molar-refractivity contribution is 5.82. The molecule has 2 heterocycles. The van der Waals surface area contributed by atoms with E-state index >= 15 is 0 Å². The molecule has 1 aromatic rings. The van der Waals surface area contributed by atoms with Gasteiger partial charge in [-0.25, -0.2) is 0 Å². The van der Waals surface area contributed by atoms with Crippen LogP contribution in [0.1, 0.15) is 25.0 Å². The Bertz CT molecular complexity index is 691. The molecule has 3 atom stereocenters. The van der Waals surface area contributed by atoms with Crippen LogP contribution in [0.5, 0.6) is 0 Å². The Kier molecular flexibility index (Phi) is 6.37. The molecule has 6 heteroatoms. The number of rotatable bonds is 4. The Morgan fingerprint density at radius 3 is 2.78 bits per heavy atom. The van der Waals surface area contributed by atoms with Crippen molar-refractivity contribution in [2.24, 2.45) is 16.8 Å². The van der Waals surface area contributed by atoms with Crippen LogP contribution in [-0.2, 0) is 22.5 Å². The molecule has 3 rings (SSSR count). The van der Waals surface area contributed by atoms with Crippen molar-refractivity contribution >= 4 is 11.9 Å². The summed E-state index contributed by atoms with van der Waals surface area (Å²) in [4.78, 5) is 21.1. The van der Waals surface area contributed by atoms with Crippen LogP contribution >= 0.6 is 0 Å². The first-order valence-electron chi connectivity index (χ1n) is 9.87. The van der Waals surface area contributed by atoms with Gasteiger partial charge in [0.2, 0.25) is 0 Å². The number of fused-ring (bicyclic) bond motifs is 1. The number of hydrogen-bond donors (Lipinski definition) is 1. The molecule has 0 spiro atoms. The lowest BCUT2D eigenvalue weighted by Crippen LogP contribution is -2.48. The Morgan fingerprint density at radius 2 is 2.07 bits per heavy atom. The largest absolute Gasteiger partial charge is 0.469 e. The summed E-state index contributed by atoms with van der Waals surface area (Å²) in [6.07, 6.45) is 1.11. The van der Waals surface area contributed by atoms with Crippen LogP contribution < -0.4 is 5.32 Å². The zero-order valence-electron chi connectivity index (χ0n) is 16.9. The molecule has 3 unspecified atom stereocenters. The monoisotopic (exact) mass is 372 g/mol. The Labute approximate surface area is 162 Å². The van der Waals surface area contributed by atoms with Crippen LogP contribution in [0, 0.1) is 11.8 Å². The van der Waals surface area contributed by atoms with Crippen molar-refractivity contribution in [1.29, 1.82) is 0 Å². The number of nitrogens with zero attached hydrogens (tertiary/aromatic N) is 3. The minimum Gasteiger partial charge on any atom is -0.469 e. The summed E-state index contributed by atoms with van der Waals surface area (Å²) in [6, 6.07) is 9.14. The molecule has 1 saturated heterocycles. The normalized spacial score (nSPS) is 24.4. The van der Waals surface area contributed by atoms with Gasteiger partial charge in [0.15, 0.2) is 5.96 Å². The van der Waals surface area contributed by atoms with Crippen molar-refractivity contribution in [2.75, 3.05) is 40.3 Å². The number of carbonyl (C=O) groups excluding carboxylic acids is 1. The second-order valence-corrected chi connectivity index (χ2v) is 7.78. The fourth-order valence-corrected chi connectivity index (χ4v) is 4.19. The standard InChI is InChI=1S/C21H32N4O2/c1-15-12-25(14-19(15)20(26)27-4)21(22-3)23-11-16(2)24-10-9-17-7-5-6-8-18(17)13-24/h5-8,15-16,19H,9-14H2,1-4H3,(H,22,23). The van der Waals surface area contributed by atoms with Gasteiger partial charge in [-0.05, 0) is 30.4 Å². The minimum atomic E-state index is -0.124. The zero-order valence-corrected chi connectivity index (χ0v) is 16.9. The molecule has 0 amide bonds. The fourth-order valence-electron chi connectivity index (χ4n) is 4.19. The minimum absolute atomic E-state index is 0.0791. The maximum atomic E-state index is 11.9. The van der Waals surface area contributed by atoms with E-state index in [-0.39, 0.29) is 17.8 Å². The maximum absolute atomic E-state index is 11.9. The van der Waals surface area contributed by atoms with Crippen LogP contribution in [0.15, 0.2) is 29.3 Å². The predicted octanol–water partition coefficient (Wildman–Crippen LogP) is 1.75. The molecule has 1 aromatic carbocycles. The summed E-state index contributed by atoms with van der Waals surface area (Å²) in [6.45, 7) is 8.78. The molecule has 0 aromatic heterocycles. The molecule has 2 aliphatic heterocycles. The summed E-state index contributed by atoms with van der Waals surface area (Å²) < 4.78 is 4.94. The summed E-state index contributed by atoms with van der Waals surface area (Å²) in [5, 5.41) is 3.51. The quantitative estimate of drug-likeness (QED) is 0.496. The Balaban J connectivity index is 1.53. The molecule has 0 bridgehead atoms. The molecule has 148 valence electrons. The van der Waals surface area contributed by atoms with E-state index in [9.17, 15) is 4.79 Å². The van der Waals surface area contributed by atoms with Gasteiger partial charge in [-0.15, -0.1) is 0 Å². The molecule has 0 radical (unpaired) electrons. The van der Waals surface area contributed by atoms with E-state index in [1.54, 1.807) is 7.05 Å². The van der Waals surface area contributed by atoms with E-state index in [4.69, 9.17) is 4.74 Å². The lowest BCUT2D eigenvalue weighted by atomic mass is 9.99. The van der Waals surface area contributed by atoms with Crippen molar-refractivity contribution in [3.05, 3.63) is 35.4 Å². The van der Waals surface area contributed by atoms with Gasteiger partial charge >= 0.3 is 5.97 Å². The zero-order chi connectivity index (χ0) is 19.4. The number of carbonyl (C=O) groups is 1. The van der Waals surface area contributed by atoms with Gasteiger partial charge in [0, 0.05) is 45.8 Å². The third-order valence-corrected chi connectivity index (χ3v) is 5.97. The van der Waals surface area contributed by atoms with Gasteiger partial charge in [-0.2, -0.15) is 0 Å². The molecular weight excluding hydrogens is 340 g/mol. The Hall–Kier alpha value is -2.08. The third-order valence-electron chi connectivity index (χ3n) is 5.97. The van der Waals surface area contributed by atoms with Crippen LogP contribution in [0.4, 0.5) is 0 Å². The first-order chi connectivity index (χ1) is 13.0. The number of guanidine groups is 1. The Morgan fingerprint density at radius 1 is 1.33 bits per heavy atom. The lowest BCUT2D eigenvalue weighted by Gasteiger charge is -2.34. The predicted molar refractivity (Wildman–Crippen MR) is 108 cm³/mol.